The molecule has 1 aliphatic rings. The van der Waals surface area contributed by atoms with E-state index < -0.39 is 0 Å². The average molecular weight is 383 g/mol. The van der Waals surface area contributed by atoms with Gasteiger partial charge in [0.1, 0.15) is 0 Å². The molecule has 1 amide bonds. The fourth-order valence-electron chi connectivity index (χ4n) is 3.42. The molecule has 0 bridgehead atoms. The molecule has 2 aromatic rings. The van der Waals surface area contributed by atoms with Crippen LogP contribution in [-0.4, -0.2) is 36.2 Å². The predicted octanol–water partition coefficient (Wildman–Crippen LogP) is 4.73. The van der Waals surface area contributed by atoms with Crippen molar-refractivity contribution in [3.8, 4) is 0 Å². The lowest BCUT2D eigenvalue weighted by atomic mass is 10.1. The second-order valence-electron chi connectivity index (χ2n) is 7.18. The maximum atomic E-state index is 12.3. The fourth-order valence-corrected chi connectivity index (χ4v) is 4.24. The molecule has 0 spiro atoms. The summed E-state index contributed by atoms with van der Waals surface area (Å²) >= 11 is 1.85. The Balaban J connectivity index is 1.37. The van der Waals surface area contributed by atoms with Gasteiger partial charge in [-0.2, -0.15) is 11.8 Å². The van der Waals surface area contributed by atoms with Gasteiger partial charge in [-0.15, -0.1) is 0 Å². The van der Waals surface area contributed by atoms with E-state index in [1.165, 1.54) is 49.9 Å². The minimum atomic E-state index is 0.0247. The van der Waals surface area contributed by atoms with Crippen molar-refractivity contribution in [1.29, 1.82) is 0 Å². The molecule has 1 saturated heterocycles. The maximum absolute atomic E-state index is 12.3. The minimum absolute atomic E-state index is 0.0247. The Morgan fingerprint density at radius 1 is 0.889 bits per heavy atom. The highest BCUT2D eigenvalue weighted by atomic mass is 32.2. The van der Waals surface area contributed by atoms with Gasteiger partial charge in [0.15, 0.2) is 0 Å². The normalized spacial score (nSPS) is 15.3. The van der Waals surface area contributed by atoms with Gasteiger partial charge in [-0.1, -0.05) is 55.3 Å². The molecule has 4 heteroatoms. The van der Waals surface area contributed by atoms with Crippen LogP contribution in [0.5, 0.6) is 0 Å². The van der Waals surface area contributed by atoms with Crippen LogP contribution in [0.1, 0.15) is 47.2 Å². The molecule has 0 atom stereocenters. The van der Waals surface area contributed by atoms with Gasteiger partial charge < -0.3 is 5.32 Å². The molecule has 27 heavy (non-hydrogen) atoms. The SMILES string of the molecule is O=C(NCCSCc1ccccc1)c1ccc(CN2CCCCCC2)cc1. The van der Waals surface area contributed by atoms with Crippen molar-refractivity contribution in [2.45, 2.75) is 38.0 Å². The van der Waals surface area contributed by atoms with E-state index in [2.05, 4.69) is 46.6 Å². The molecule has 2 aromatic carbocycles. The average Bonchev–Trinajstić information content (AvgIpc) is 2.98. The highest BCUT2D eigenvalue weighted by molar-refractivity contribution is 7.98. The second kappa shape index (κ2) is 11.2. The van der Waals surface area contributed by atoms with Gasteiger partial charge in [-0.25, -0.2) is 0 Å². The Labute approximate surface area is 167 Å². The summed E-state index contributed by atoms with van der Waals surface area (Å²) in [5.74, 6) is 1.94. The van der Waals surface area contributed by atoms with Crippen molar-refractivity contribution in [1.82, 2.24) is 10.2 Å². The molecule has 0 saturated carbocycles. The highest BCUT2D eigenvalue weighted by Crippen LogP contribution is 2.14. The Hall–Kier alpha value is -1.78. The lowest BCUT2D eigenvalue weighted by molar-refractivity contribution is 0.0956. The molecule has 3 rings (SSSR count). The van der Waals surface area contributed by atoms with Crippen molar-refractivity contribution in [3.63, 3.8) is 0 Å². The van der Waals surface area contributed by atoms with Crippen molar-refractivity contribution in [2.24, 2.45) is 0 Å². The number of benzene rings is 2. The summed E-state index contributed by atoms with van der Waals surface area (Å²) in [5.41, 5.74) is 3.38. The van der Waals surface area contributed by atoms with Gasteiger partial charge in [-0.3, -0.25) is 9.69 Å². The van der Waals surface area contributed by atoms with E-state index in [4.69, 9.17) is 0 Å². The van der Waals surface area contributed by atoms with E-state index in [9.17, 15) is 4.79 Å². The third-order valence-corrected chi connectivity index (χ3v) is 5.99. The van der Waals surface area contributed by atoms with Crippen LogP contribution in [-0.2, 0) is 12.3 Å². The lowest BCUT2D eigenvalue weighted by Gasteiger charge is -2.19. The molecule has 0 unspecified atom stereocenters. The Bertz CT molecular complexity index is 679. The maximum Gasteiger partial charge on any atom is 0.251 e. The van der Waals surface area contributed by atoms with Crippen LogP contribution in [0.15, 0.2) is 54.6 Å². The minimum Gasteiger partial charge on any atom is -0.351 e. The van der Waals surface area contributed by atoms with Gasteiger partial charge in [-0.05, 0) is 49.2 Å². The number of amides is 1. The van der Waals surface area contributed by atoms with Gasteiger partial charge >= 0.3 is 0 Å². The fraction of sp³-hybridized carbons (Fsp3) is 0.435. The molecule has 0 aromatic heterocycles. The zero-order chi connectivity index (χ0) is 18.7. The molecular formula is C23H30N2OS. The van der Waals surface area contributed by atoms with E-state index in [-0.39, 0.29) is 5.91 Å². The Kier molecular flexibility index (Phi) is 8.25. The summed E-state index contributed by atoms with van der Waals surface area (Å²) in [6.45, 7) is 4.09. The molecular weight excluding hydrogens is 352 g/mol. The van der Waals surface area contributed by atoms with Crippen LogP contribution in [0.2, 0.25) is 0 Å². The number of carbonyl (C=O) groups is 1. The molecule has 1 aliphatic heterocycles. The predicted molar refractivity (Wildman–Crippen MR) is 115 cm³/mol. The second-order valence-corrected chi connectivity index (χ2v) is 8.29. The first-order chi connectivity index (χ1) is 13.3. The monoisotopic (exact) mass is 382 g/mol. The van der Waals surface area contributed by atoms with Crippen LogP contribution in [0.3, 0.4) is 0 Å². The summed E-state index contributed by atoms with van der Waals surface area (Å²) < 4.78 is 0. The third-order valence-electron chi connectivity index (χ3n) is 4.96. The van der Waals surface area contributed by atoms with E-state index in [0.717, 1.165) is 23.6 Å². The smallest absolute Gasteiger partial charge is 0.251 e. The molecule has 0 aliphatic carbocycles. The number of nitrogens with zero attached hydrogens (tertiary/aromatic N) is 1. The first-order valence-electron chi connectivity index (χ1n) is 10.0. The van der Waals surface area contributed by atoms with E-state index >= 15 is 0 Å². The van der Waals surface area contributed by atoms with E-state index in [1.54, 1.807) is 0 Å². The summed E-state index contributed by atoms with van der Waals surface area (Å²) in [6.07, 6.45) is 5.34. The molecule has 1 fully saturated rings. The number of hydrogen-bond acceptors (Lipinski definition) is 3. The number of hydrogen-bond donors (Lipinski definition) is 1. The molecule has 3 nitrogen and oxygen atoms in total. The molecule has 0 radical (unpaired) electrons. The van der Waals surface area contributed by atoms with E-state index in [1.807, 2.05) is 30.0 Å². The topological polar surface area (TPSA) is 32.3 Å². The summed E-state index contributed by atoms with van der Waals surface area (Å²) in [4.78, 5) is 14.8. The largest absolute Gasteiger partial charge is 0.351 e. The van der Waals surface area contributed by atoms with Gasteiger partial charge in [0.2, 0.25) is 0 Å². The van der Waals surface area contributed by atoms with Gasteiger partial charge in [0.05, 0.1) is 0 Å². The third kappa shape index (κ3) is 7.04. The van der Waals surface area contributed by atoms with Crippen molar-refractivity contribution in [2.75, 3.05) is 25.4 Å². The number of thioether (sulfide) groups is 1. The Morgan fingerprint density at radius 3 is 2.30 bits per heavy atom. The first-order valence-corrected chi connectivity index (χ1v) is 11.2. The zero-order valence-electron chi connectivity index (χ0n) is 16.0. The van der Waals surface area contributed by atoms with Crippen LogP contribution >= 0.6 is 11.8 Å². The van der Waals surface area contributed by atoms with Crippen molar-refractivity contribution >= 4 is 17.7 Å². The summed E-state index contributed by atoms with van der Waals surface area (Å²) in [5, 5.41) is 3.02. The van der Waals surface area contributed by atoms with Crippen molar-refractivity contribution < 1.29 is 4.79 Å². The van der Waals surface area contributed by atoms with Crippen LogP contribution in [0, 0.1) is 0 Å². The van der Waals surface area contributed by atoms with E-state index in [0.29, 0.717) is 6.54 Å². The highest BCUT2D eigenvalue weighted by Gasteiger charge is 2.10. The van der Waals surface area contributed by atoms with Gasteiger partial charge in [0, 0.05) is 30.2 Å². The quantitative estimate of drug-likeness (QED) is 0.670. The summed E-state index contributed by atoms with van der Waals surface area (Å²) in [6, 6.07) is 18.6. The van der Waals surface area contributed by atoms with Crippen LogP contribution in [0.4, 0.5) is 0 Å². The van der Waals surface area contributed by atoms with Gasteiger partial charge in [0.25, 0.3) is 5.91 Å². The van der Waals surface area contributed by atoms with Crippen LogP contribution in [0.25, 0.3) is 0 Å². The zero-order valence-corrected chi connectivity index (χ0v) is 16.8. The number of rotatable bonds is 8. The lowest BCUT2D eigenvalue weighted by Crippen LogP contribution is -2.26. The first kappa shape index (κ1) is 20.0. The standard InChI is InChI=1S/C23H30N2OS/c26-23(24-14-17-27-19-21-8-4-3-5-9-21)22-12-10-20(11-13-22)18-25-15-6-1-2-7-16-25/h3-5,8-13H,1-2,6-7,14-19H2,(H,24,26). The summed E-state index contributed by atoms with van der Waals surface area (Å²) in [7, 11) is 0. The van der Waals surface area contributed by atoms with Crippen LogP contribution < -0.4 is 5.32 Å². The molecule has 144 valence electrons. The molecule has 1 heterocycles. The van der Waals surface area contributed by atoms with Crippen molar-refractivity contribution in [3.05, 3.63) is 71.3 Å². The number of carbonyl (C=O) groups excluding carboxylic acids is 1. The Morgan fingerprint density at radius 2 is 1.59 bits per heavy atom. The number of likely N-dealkylation sites (tertiary alicyclic amines) is 1. The number of nitrogens with one attached hydrogen (secondary N) is 1. The molecule has 1 N–H and O–H groups in total.